The molecule has 5 nitrogen and oxygen atoms in total. The van der Waals surface area contributed by atoms with Gasteiger partial charge in [-0.2, -0.15) is 0 Å². The van der Waals surface area contributed by atoms with Gasteiger partial charge < -0.3 is 20.5 Å². The van der Waals surface area contributed by atoms with Crippen molar-refractivity contribution in [2.75, 3.05) is 19.8 Å². The van der Waals surface area contributed by atoms with Gasteiger partial charge in [0.05, 0.1) is 12.7 Å². The fourth-order valence-electron chi connectivity index (χ4n) is 4.45. The molecule has 2 aliphatic rings. The Kier molecular flexibility index (Phi) is 4.69. The van der Waals surface area contributed by atoms with Gasteiger partial charge in [0.25, 0.3) is 0 Å². The molecule has 1 aliphatic carbocycles. The average Bonchev–Trinajstić information content (AvgIpc) is 2.61. The van der Waals surface area contributed by atoms with Crippen molar-refractivity contribution in [3.63, 3.8) is 0 Å². The summed E-state index contributed by atoms with van der Waals surface area (Å²) in [5.74, 6) is -0.0112. The van der Waals surface area contributed by atoms with E-state index in [0.717, 1.165) is 25.0 Å². The third kappa shape index (κ3) is 2.55. The summed E-state index contributed by atoms with van der Waals surface area (Å²) in [5, 5.41) is 9.42. The Bertz CT molecular complexity index is 590. The minimum absolute atomic E-state index is 0.0490. The maximum absolute atomic E-state index is 13.3. The van der Waals surface area contributed by atoms with Crippen molar-refractivity contribution in [3.05, 3.63) is 35.9 Å². The van der Waals surface area contributed by atoms with Crippen LogP contribution in [0, 0.1) is 11.3 Å². The second-order valence-electron chi connectivity index (χ2n) is 7.57. The van der Waals surface area contributed by atoms with E-state index in [1.165, 1.54) is 0 Å². The van der Waals surface area contributed by atoms with E-state index in [4.69, 9.17) is 10.5 Å². The lowest BCUT2D eigenvalue weighted by molar-refractivity contribution is -0.230. The fourth-order valence-corrected chi connectivity index (χ4v) is 4.45. The van der Waals surface area contributed by atoms with Gasteiger partial charge in [-0.1, -0.05) is 44.2 Å². The monoisotopic (exact) mass is 332 g/mol. The Labute approximate surface area is 143 Å². The van der Waals surface area contributed by atoms with Gasteiger partial charge in [0, 0.05) is 31.0 Å². The van der Waals surface area contributed by atoms with E-state index in [1.54, 1.807) is 4.90 Å². The van der Waals surface area contributed by atoms with Gasteiger partial charge in [0.15, 0.2) is 0 Å². The molecule has 0 radical (unpaired) electrons. The molecule has 24 heavy (non-hydrogen) atoms. The van der Waals surface area contributed by atoms with E-state index in [2.05, 4.69) is 0 Å². The number of aliphatic hydroxyl groups excluding tert-OH is 1. The van der Waals surface area contributed by atoms with Gasteiger partial charge in [0.2, 0.25) is 5.91 Å². The number of hydrogen-bond acceptors (Lipinski definition) is 4. The quantitative estimate of drug-likeness (QED) is 0.858. The van der Waals surface area contributed by atoms with Crippen LogP contribution in [0.4, 0.5) is 0 Å². The Morgan fingerprint density at radius 2 is 2.08 bits per heavy atom. The minimum Gasteiger partial charge on any atom is -0.395 e. The van der Waals surface area contributed by atoms with Gasteiger partial charge in [-0.3, -0.25) is 4.79 Å². The molecular formula is C19H28N2O3. The standard InChI is InChI=1S/C19H28N2O3/c1-18(2)16-15(9-6-12-24-16)19(18,20)17(23)21(10-11-22)13-14-7-4-3-5-8-14/h3-5,7-8,15-16,22H,6,9-13,20H2,1-2H3. The van der Waals surface area contributed by atoms with E-state index >= 15 is 0 Å². The van der Waals surface area contributed by atoms with Crippen molar-refractivity contribution in [3.8, 4) is 0 Å². The van der Waals surface area contributed by atoms with Crippen LogP contribution in [0.1, 0.15) is 32.3 Å². The molecule has 0 spiro atoms. The van der Waals surface area contributed by atoms with Crippen molar-refractivity contribution >= 4 is 5.91 Å². The van der Waals surface area contributed by atoms with E-state index in [1.807, 2.05) is 44.2 Å². The molecule has 0 bridgehead atoms. The molecule has 1 aromatic rings. The molecule has 132 valence electrons. The number of amides is 1. The van der Waals surface area contributed by atoms with Gasteiger partial charge >= 0.3 is 0 Å². The summed E-state index contributed by atoms with van der Waals surface area (Å²) in [6.07, 6.45) is 1.92. The van der Waals surface area contributed by atoms with Crippen molar-refractivity contribution in [1.82, 2.24) is 4.90 Å². The highest BCUT2D eigenvalue weighted by Gasteiger charge is 2.70. The first-order valence-electron chi connectivity index (χ1n) is 8.77. The first-order valence-corrected chi connectivity index (χ1v) is 8.77. The summed E-state index contributed by atoms with van der Waals surface area (Å²) in [6.45, 7) is 5.49. The van der Waals surface area contributed by atoms with E-state index in [9.17, 15) is 9.90 Å². The predicted octanol–water partition coefficient (Wildman–Crippen LogP) is 1.54. The number of carbonyl (C=O) groups excluding carboxylic acids is 1. The second kappa shape index (κ2) is 6.47. The molecule has 5 heteroatoms. The van der Waals surface area contributed by atoms with Crippen LogP contribution in [0.5, 0.6) is 0 Å². The van der Waals surface area contributed by atoms with Crippen LogP contribution in [-0.2, 0) is 16.1 Å². The third-order valence-corrected chi connectivity index (χ3v) is 5.91. The SMILES string of the molecule is CC1(C)C2OCCCC2C1(N)C(=O)N(CCO)Cc1ccccc1. The number of nitrogens with two attached hydrogens (primary N) is 1. The predicted molar refractivity (Wildman–Crippen MR) is 92.1 cm³/mol. The highest BCUT2D eigenvalue weighted by atomic mass is 16.5. The molecule has 3 N–H and O–H groups in total. The minimum atomic E-state index is -0.929. The number of ether oxygens (including phenoxy) is 1. The highest BCUT2D eigenvalue weighted by molar-refractivity contribution is 5.89. The summed E-state index contributed by atoms with van der Waals surface area (Å²) in [6, 6.07) is 9.82. The number of benzene rings is 1. The molecule has 1 amide bonds. The van der Waals surface area contributed by atoms with Crippen molar-refractivity contribution in [2.24, 2.45) is 17.1 Å². The summed E-state index contributed by atoms with van der Waals surface area (Å²) in [4.78, 5) is 15.0. The van der Waals surface area contributed by atoms with E-state index in [0.29, 0.717) is 13.1 Å². The van der Waals surface area contributed by atoms with Crippen LogP contribution < -0.4 is 5.73 Å². The number of fused-ring (bicyclic) bond motifs is 1. The number of hydrogen-bond donors (Lipinski definition) is 2. The molecule has 3 rings (SSSR count). The lowest BCUT2D eigenvalue weighted by Gasteiger charge is -2.65. The highest BCUT2D eigenvalue weighted by Crippen LogP contribution is 2.58. The molecule has 1 aromatic carbocycles. The summed E-state index contributed by atoms with van der Waals surface area (Å²) in [5.41, 5.74) is 6.42. The smallest absolute Gasteiger partial charge is 0.244 e. The van der Waals surface area contributed by atoms with Crippen LogP contribution in [0.2, 0.25) is 0 Å². The van der Waals surface area contributed by atoms with Crippen molar-refractivity contribution in [2.45, 2.75) is 44.9 Å². The Morgan fingerprint density at radius 1 is 1.38 bits per heavy atom. The normalized spacial score (nSPS) is 31.0. The maximum Gasteiger partial charge on any atom is 0.244 e. The average molecular weight is 332 g/mol. The summed E-state index contributed by atoms with van der Waals surface area (Å²) >= 11 is 0. The zero-order valence-corrected chi connectivity index (χ0v) is 14.6. The molecule has 1 aliphatic heterocycles. The molecule has 1 saturated heterocycles. The van der Waals surface area contributed by atoms with Crippen LogP contribution in [0.3, 0.4) is 0 Å². The number of nitrogens with zero attached hydrogens (tertiary/aromatic N) is 1. The molecule has 2 fully saturated rings. The zero-order valence-electron chi connectivity index (χ0n) is 14.6. The van der Waals surface area contributed by atoms with Crippen LogP contribution >= 0.6 is 0 Å². The molecule has 3 unspecified atom stereocenters. The van der Waals surface area contributed by atoms with Gasteiger partial charge in [-0.05, 0) is 18.4 Å². The Morgan fingerprint density at radius 3 is 2.75 bits per heavy atom. The first kappa shape index (κ1) is 17.4. The first-order chi connectivity index (χ1) is 11.4. The van der Waals surface area contributed by atoms with Crippen molar-refractivity contribution < 1.29 is 14.6 Å². The van der Waals surface area contributed by atoms with Crippen LogP contribution in [-0.4, -0.2) is 47.3 Å². The van der Waals surface area contributed by atoms with E-state index < -0.39 is 11.0 Å². The largest absolute Gasteiger partial charge is 0.395 e. The fraction of sp³-hybridized carbons (Fsp3) is 0.632. The lowest BCUT2D eigenvalue weighted by Crippen LogP contribution is -2.82. The van der Waals surface area contributed by atoms with E-state index in [-0.39, 0.29) is 24.5 Å². The summed E-state index contributed by atoms with van der Waals surface area (Å²) in [7, 11) is 0. The molecule has 1 heterocycles. The van der Waals surface area contributed by atoms with Gasteiger partial charge in [-0.15, -0.1) is 0 Å². The third-order valence-electron chi connectivity index (χ3n) is 5.91. The topological polar surface area (TPSA) is 75.8 Å². The van der Waals surface area contributed by atoms with Gasteiger partial charge in [0.1, 0.15) is 5.54 Å². The van der Waals surface area contributed by atoms with Crippen LogP contribution in [0.15, 0.2) is 30.3 Å². The maximum atomic E-state index is 13.3. The van der Waals surface area contributed by atoms with Crippen molar-refractivity contribution in [1.29, 1.82) is 0 Å². The Balaban J connectivity index is 1.83. The number of aliphatic hydroxyl groups is 1. The number of carbonyl (C=O) groups is 1. The molecule has 3 atom stereocenters. The summed E-state index contributed by atoms with van der Waals surface area (Å²) < 4.78 is 5.90. The van der Waals surface area contributed by atoms with Crippen LogP contribution in [0.25, 0.3) is 0 Å². The molecule has 0 aromatic heterocycles. The molecule has 1 saturated carbocycles. The number of rotatable bonds is 5. The zero-order chi connectivity index (χ0) is 17.4. The Hall–Kier alpha value is -1.43. The second-order valence-corrected chi connectivity index (χ2v) is 7.57. The van der Waals surface area contributed by atoms with Gasteiger partial charge in [-0.25, -0.2) is 0 Å². The molecular weight excluding hydrogens is 304 g/mol. The lowest BCUT2D eigenvalue weighted by atomic mass is 9.46.